The van der Waals surface area contributed by atoms with Gasteiger partial charge in [-0.05, 0) is 18.2 Å². The predicted octanol–water partition coefficient (Wildman–Crippen LogP) is 3.43. The van der Waals surface area contributed by atoms with Crippen LogP contribution in [0.1, 0.15) is 5.89 Å². The van der Waals surface area contributed by atoms with Crippen LogP contribution >= 0.6 is 23.2 Å². The molecule has 0 fully saturated rings. The molecule has 2 aromatic rings. The maximum absolute atomic E-state index is 5.83. The highest BCUT2D eigenvalue weighted by molar-refractivity contribution is 6.35. The van der Waals surface area contributed by atoms with Gasteiger partial charge in [0, 0.05) is 22.7 Å². The highest BCUT2D eigenvalue weighted by atomic mass is 35.5. The lowest BCUT2D eigenvalue weighted by atomic mass is 10.3. The van der Waals surface area contributed by atoms with Crippen molar-refractivity contribution in [1.29, 1.82) is 0 Å². The van der Waals surface area contributed by atoms with Crippen molar-refractivity contribution < 1.29 is 4.42 Å². The molecule has 0 bridgehead atoms. The first-order chi connectivity index (χ1) is 7.13. The molecular formula is C9H7Cl2N3O. The Morgan fingerprint density at radius 1 is 1.13 bits per heavy atom. The van der Waals surface area contributed by atoms with Gasteiger partial charge in [0.25, 0.3) is 0 Å². The summed E-state index contributed by atoms with van der Waals surface area (Å²) in [6.45, 7) is 1.71. The van der Waals surface area contributed by atoms with Crippen LogP contribution in [0.4, 0.5) is 11.7 Å². The molecule has 0 saturated heterocycles. The minimum atomic E-state index is 0.311. The standard InChI is InChI=1S/C9H7Cl2N3O/c1-5-13-14-9(15-5)12-8-3-6(10)2-7(11)4-8/h2-4H,1H3,(H,12,14). The van der Waals surface area contributed by atoms with Crippen LogP contribution in [0.15, 0.2) is 22.6 Å². The zero-order valence-corrected chi connectivity index (χ0v) is 9.30. The fraction of sp³-hybridized carbons (Fsp3) is 0.111. The van der Waals surface area contributed by atoms with E-state index in [1.54, 1.807) is 25.1 Å². The number of hydrogen-bond acceptors (Lipinski definition) is 4. The average molecular weight is 244 g/mol. The predicted molar refractivity (Wildman–Crippen MR) is 58.8 cm³/mol. The fourth-order valence-electron chi connectivity index (χ4n) is 1.10. The Morgan fingerprint density at radius 2 is 1.80 bits per heavy atom. The summed E-state index contributed by atoms with van der Waals surface area (Å²) in [7, 11) is 0. The highest BCUT2D eigenvalue weighted by Gasteiger charge is 2.03. The van der Waals surface area contributed by atoms with E-state index in [1.807, 2.05) is 0 Å². The molecule has 0 amide bonds. The average Bonchev–Trinajstić information content (AvgIpc) is 2.49. The van der Waals surface area contributed by atoms with Crippen LogP contribution < -0.4 is 5.32 Å². The number of anilines is 2. The number of aromatic nitrogens is 2. The lowest BCUT2D eigenvalue weighted by Crippen LogP contribution is -1.90. The van der Waals surface area contributed by atoms with Gasteiger partial charge in [-0.1, -0.05) is 28.3 Å². The minimum absolute atomic E-state index is 0.311. The van der Waals surface area contributed by atoms with E-state index in [9.17, 15) is 0 Å². The van der Waals surface area contributed by atoms with E-state index < -0.39 is 0 Å². The smallest absolute Gasteiger partial charge is 0.320 e. The maximum Gasteiger partial charge on any atom is 0.320 e. The first-order valence-electron chi connectivity index (χ1n) is 4.17. The molecule has 1 aromatic carbocycles. The third kappa shape index (κ3) is 2.61. The Hall–Kier alpha value is -1.26. The zero-order chi connectivity index (χ0) is 10.8. The second-order valence-corrected chi connectivity index (χ2v) is 3.78. The van der Waals surface area contributed by atoms with Crippen molar-refractivity contribution in [2.45, 2.75) is 6.92 Å². The summed E-state index contributed by atoms with van der Waals surface area (Å²) in [6, 6.07) is 5.39. The largest absolute Gasteiger partial charge is 0.408 e. The van der Waals surface area contributed by atoms with Crippen LogP contribution in [0.25, 0.3) is 0 Å². The number of rotatable bonds is 2. The van der Waals surface area contributed by atoms with Crippen molar-refractivity contribution in [2.75, 3.05) is 5.32 Å². The molecule has 0 aliphatic heterocycles. The van der Waals surface area contributed by atoms with Gasteiger partial charge in [-0.25, -0.2) is 0 Å². The van der Waals surface area contributed by atoms with Crippen LogP contribution in [0.3, 0.4) is 0 Å². The quantitative estimate of drug-likeness (QED) is 0.879. The molecule has 1 N–H and O–H groups in total. The van der Waals surface area contributed by atoms with Crippen molar-refractivity contribution in [2.24, 2.45) is 0 Å². The van der Waals surface area contributed by atoms with Gasteiger partial charge in [0.1, 0.15) is 0 Å². The first-order valence-corrected chi connectivity index (χ1v) is 4.92. The molecule has 78 valence electrons. The van der Waals surface area contributed by atoms with Gasteiger partial charge in [0.05, 0.1) is 0 Å². The Bertz CT molecular complexity index is 464. The topological polar surface area (TPSA) is 51.0 Å². The lowest BCUT2D eigenvalue weighted by Gasteiger charge is -2.02. The van der Waals surface area contributed by atoms with Crippen molar-refractivity contribution in [3.05, 3.63) is 34.1 Å². The van der Waals surface area contributed by atoms with Gasteiger partial charge >= 0.3 is 6.01 Å². The van der Waals surface area contributed by atoms with E-state index >= 15 is 0 Å². The second-order valence-electron chi connectivity index (χ2n) is 2.91. The van der Waals surface area contributed by atoms with E-state index in [0.29, 0.717) is 27.6 Å². The van der Waals surface area contributed by atoms with Crippen LogP contribution in [-0.4, -0.2) is 10.2 Å². The SMILES string of the molecule is Cc1nnc(Nc2cc(Cl)cc(Cl)c2)o1. The molecule has 0 saturated carbocycles. The molecule has 1 aromatic heterocycles. The fourth-order valence-corrected chi connectivity index (χ4v) is 1.62. The number of benzene rings is 1. The summed E-state index contributed by atoms with van der Waals surface area (Å²) in [5.74, 6) is 0.491. The summed E-state index contributed by atoms with van der Waals surface area (Å²) in [6.07, 6.45) is 0. The van der Waals surface area contributed by atoms with Gasteiger partial charge in [-0.2, -0.15) is 0 Å². The lowest BCUT2D eigenvalue weighted by molar-refractivity contribution is 0.535. The molecule has 1 heterocycles. The summed E-state index contributed by atoms with van der Waals surface area (Å²) in [5.41, 5.74) is 0.705. The van der Waals surface area contributed by atoms with Gasteiger partial charge in [-0.3, -0.25) is 0 Å². The Morgan fingerprint density at radius 3 is 2.33 bits per heavy atom. The molecule has 0 aliphatic carbocycles. The first kappa shape index (κ1) is 10.3. The monoisotopic (exact) mass is 243 g/mol. The number of hydrogen-bond donors (Lipinski definition) is 1. The van der Waals surface area contributed by atoms with Gasteiger partial charge in [0.15, 0.2) is 0 Å². The molecular weight excluding hydrogens is 237 g/mol. The van der Waals surface area contributed by atoms with E-state index in [-0.39, 0.29) is 0 Å². The van der Waals surface area contributed by atoms with E-state index in [0.717, 1.165) is 0 Å². The summed E-state index contributed by atoms with van der Waals surface area (Å²) in [5, 5.41) is 11.5. The molecule has 4 nitrogen and oxygen atoms in total. The molecule has 15 heavy (non-hydrogen) atoms. The van der Waals surface area contributed by atoms with Crippen LogP contribution in [0.5, 0.6) is 0 Å². The van der Waals surface area contributed by atoms with E-state index in [1.165, 1.54) is 0 Å². The van der Waals surface area contributed by atoms with Gasteiger partial charge < -0.3 is 9.73 Å². The summed E-state index contributed by atoms with van der Waals surface area (Å²) < 4.78 is 5.15. The molecule has 0 radical (unpaired) electrons. The van der Waals surface area contributed by atoms with Crippen molar-refractivity contribution in [1.82, 2.24) is 10.2 Å². The van der Waals surface area contributed by atoms with E-state index in [2.05, 4.69) is 15.5 Å². The van der Waals surface area contributed by atoms with Crippen molar-refractivity contribution >= 4 is 34.9 Å². The molecule has 0 atom stereocenters. The Labute approximate surface area is 96.2 Å². The number of aryl methyl sites for hydroxylation is 1. The molecule has 2 rings (SSSR count). The second kappa shape index (κ2) is 4.08. The minimum Gasteiger partial charge on any atom is -0.408 e. The van der Waals surface area contributed by atoms with Crippen molar-refractivity contribution in [3.8, 4) is 0 Å². The zero-order valence-electron chi connectivity index (χ0n) is 7.79. The third-order valence-electron chi connectivity index (χ3n) is 1.64. The number of nitrogens with one attached hydrogen (secondary N) is 1. The van der Waals surface area contributed by atoms with Gasteiger partial charge in [0.2, 0.25) is 5.89 Å². The Balaban J connectivity index is 2.24. The molecule has 6 heteroatoms. The highest BCUT2D eigenvalue weighted by Crippen LogP contribution is 2.24. The van der Waals surface area contributed by atoms with Crippen LogP contribution in [-0.2, 0) is 0 Å². The van der Waals surface area contributed by atoms with Crippen LogP contribution in [0.2, 0.25) is 10.0 Å². The number of halogens is 2. The maximum atomic E-state index is 5.83. The Kier molecular flexibility index (Phi) is 2.79. The third-order valence-corrected chi connectivity index (χ3v) is 2.08. The summed E-state index contributed by atoms with van der Waals surface area (Å²) in [4.78, 5) is 0. The normalized spacial score (nSPS) is 10.3. The molecule has 0 unspecified atom stereocenters. The van der Waals surface area contributed by atoms with E-state index in [4.69, 9.17) is 27.6 Å². The van der Waals surface area contributed by atoms with Crippen LogP contribution in [0, 0.1) is 6.92 Å². The molecule has 0 spiro atoms. The summed E-state index contributed by atoms with van der Waals surface area (Å²) >= 11 is 11.7. The van der Waals surface area contributed by atoms with Gasteiger partial charge in [-0.15, -0.1) is 5.10 Å². The number of nitrogens with zero attached hydrogens (tertiary/aromatic N) is 2. The molecule has 0 aliphatic rings. The van der Waals surface area contributed by atoms with Crippen molar-refractivity contribution in [3.63, 3.8) is 0 Å².